The molecule has 2 heterocycles. The minimum absolute atomic E-state index is 0.0187. The van der Waals surface area contributed by atoms with Gasteiger partial charge in [-0.15, -0.1) is 0 Å². The number of likely N-dealkylation sites (tertiary alicyclic amines) is 1. The topological polar surface area (TPSA) is 345 Å². The van der Waals surface area contributed by atoms with E-state index in [2.05, 4.69) is 16.0 Å². The minimum Gasteiger partial charge on any atom is -0.507 e. The van der Waals surface area contributed by atoms with Crippen LogP contribution in [0.3, 0.4) is 0 Å². The van der Waals surface area contributed by atoms with E-state index in [0.29, 0.717) is 24.0 Å². The van der Waals surface area contributed by atoms with Crippen molar-refractivity contribution in [3.8, 4) is 17.2 Å². The summed E-state index contributed by atoms with van der Waals surface area (Å²) in [4.78, 5) is 123. The number of carbonyl (C=O) groups is 9. The van der Waals surface area contributed by atoms with Crippen LogP contribution >= 0.6 is 0 Å². The van der Waals surface area contributed by atoms with E-state index in [-0.39, 0.29) is 66.1 Å². The van der Waals surface area contributed by atoms with Gasteiger partial charge in [0.25, 0.3) is 0 Å². The molecule has 0 spiro atoms. The molecule has 77 heavy (non-hydrogen) atoms. The number of carboxylic acids is 1. The number of aliphatic hydroxyl groups excluding tert-OH is 2. The van der Waals surface area contributed by atoms with E-state index < -0.39 is 156 Å². The monoisotopic (exact) mass is 1070 g/mol. The number of benzene rings is 3. The van der Waals surface area contributed by atoms with E-state index in [0.717, 1.165) is 0 Å². The van der Waals surface area contributed by atoms with E-state index in [9.17, 15) is 73.8 Å². The lowest BCUT2D eigenvalue weighted by Crippen LogP contribution is -2.59. The lowest BCUT2D eigenvalue weighted by atomic mass is 9.72. The van der Waals surface area contributed by atoms with Gasteiger partial charge in [0.1, 0.15) is 53.7 Å². The van der Waals surface area contributed by atoms with Crippen LogP contribution in [0.4, 0.5) is 0 Å². The molecule has 0 bridgehead atoms. The summed E-state index contributed by atoms with van der Waals surface area (Å²) >= 11 is 0. The number of methoxy groups -OCH3 is 1. The molecule has 0 aromatic heterocycles. The highest BCUT2D eigenvalue weighted by Gasteiger charge is 2.51. The van der Waals surface area contributed by atoms with Gasteiger partial charge in [-0.1, -0.05) is 56.7 Å². The summed E-state index contributed by atoms with van der Waals surface area (Å²) in [5.74, 6) is -8.79. The van der Waals surface area contributed by atoms with Crippen molar-refractivity contribution in [2.75, 3.05) is 33.9 Å². The molecule has 5 amide bonds. The highest BCUT2D eigenvalue weighted by molar-refractivity contribution is 6.31. The Morgan fingerprint density at radius 3 is 2.29 bits per heavy atom. The third kappa shape index (κ3) is 11.7. The summed E-state index contributed by atoms with van der Waals surface area (Å²) in [6.07, 6.45) is -6.20. The Morgan fingerprint density at radius 1 is 0.948 bits per heavy atom. The van der Waals surface area contributed by atoms with Crippen LogP contribution in [0.2, 0.25) is 0 Å². The van der Waals surface area contributed by atoms with E-state index in [1.165, 1.54) is 56.0 Å². The first-order valence-electron chi connectivity index (χ1n) is 25.4. The molecule has 3 aromatic carbocycles. The molecule has 0 saturated carbocycles. The first kappa shape index (κ1) is 57.4. The molecule has 4 aliphatic rings. The van der Waals surface area contributed by atoms with Gasteiger partial charge >= 0.3 is 5.97 Å². The van der Waals surface area contributed by atoms with Crippen molar-refractivity contribution in [3.63, 3.8) is 0 Å². The first-order chi connectivity index (χ1) is 36.4. The van der Waals surface area contributed by atoms with E-state index in [1.807, 2.05) is 6.92 Å². The largest absolute Gasteiger partial charge is 0.507 e. The lowest BCUT2D eigenvalue weighted by molar-refractivity contribution is -0.249. The molecular formula is C54H65N5O18. The maximum Gasteiger partial charge on any atom is 0.307 e. The molecule has 5 unspecified atom stereocenters. The van der Waals surface area contributed by atoms with Gasteiger partial charge in [0, 0.05) is 49.5 Å². The van der Waals surface area contributed by atoms with Crippen molar-refractivity contribution in [1.29, 1.82) is 0 Å². The fourth-order valence-corrected chi connectivity index (χ4v) is 10.8. The Bertz CT molecular complexity index is 2870. The molecule has 9 N–H and O–H groups in total. The fraction of sp³-hybridized carbons (Fsp3) is 0.500. The number of ether oxygens (including phenoxy) is 3. The number of aliphatic carboxylic acids is 1. The number of hydrogen-bond acceptors (Lipinski definition) is 17. The number of nitrogens with zero attached hydrogens (tertiary/aromatic N) is 2. The summed E-state index contributed by atoms with van der Waals surface area (Å²) in [6, 6.07) is 6.49. The van der Waals surface area contributed by atoms with Gasteiger partial charge in [0.2, 0.25) is 35.3 Å². The number of carbonyl (C=O) groups excluding carboxylic acids is 8. The minimum atomic E-state index is -2.43. The molecule has 2 fully saturated rings. The number of phenols is 2. The van der Waals surface area contributed by atoms with Crippen LogP contribution in [0.1, 0.15) is 120 Å². The molecule has 10 atom stereocenters. The fourth-order valence-electron chi connectivity index (χ4n) is 10.8. The maximum absolute atomic E-state index is 14.1. The molecule has 414 valence electrons. The number of phenolic OH excluding ortho intramolecular Hbond substituents is 2. The van der Waals surface area contributed by atoms with Gasteiger partial charge in [-0.2, -0.15) is 0 Å². The normalized spacial score (nSPS) is 23.8. The van der Waals surface area contributed by atoms with Crippen LogP contribution in [0.5, 0.6) is 17.2 Å². The molecule has 7 rings (SSSR count). The number of ketones is 3. The van der Waals surface area contributed by atoms with Gasteiger partial charge < -0.3 is 70.6 Å². The Labute approximate surface area is 442 Å². The first-order valence-corrected chi connectivity index (χ1v) is 25.4. The zero-order chi connectivity index (χ0) is 56.4. The number of carboxylic acid groups (broad SMARTS) is 1. The van der Waals surface area contributed by atoms with Crippen molar-refractivity contribution >= 4 is 52.9 Å². The average Bonchev–Trinajstić information content (AvgIpc) is 3.92. The number of rotatable bonds is 19. The van der Waals surface area contributed by atoms with Crippen LogP contribution in [0.25, 0.3) is 0 Å². The zero-order valence-corrected chi connectivity index (χ0v) is 43.5. The highest BCUT2D eigenvalue weighted by atomic mass is 16.7. The van der Waals surface area contributed by atoms with E-state index in [4.69, 9.17) is 14.2 Å². The molecule has 23 nitrogen and oxygen atoms in total. The molecule has 23 heteroatoms. The SMILES string of the molecule is CCC(C)[C@@H](C(=O)N[C@@H](C)C(=O)NCC(=O)N1CCC[C@H]1C(=O)NC1CC(O[C@H]2C[C@](O)(C(=O)CO)Cc3c(O)c4c(c(O)c32)C(=O)c2c(OC)cccc2C4=O)OC(C)C1O)N(C)C(=O)Cc1cccc(CC(=O)O)c1. The third-order valence-corrected chi connectivity index (χ3v) is 15.1. The standard InChI is InChI=1S/C54H65N5O18/c1-7-25(2)45(58(5)37(62)18-28-11-8-12-29(17-28)19-39(64)65)53(73)56-26(3)51(71)55-23-38(63)59-16-10-14-33(59)52(72)57-32-20-40(76-27(4)46(32)66)77-35-22-54(74,36(61)24-60)21-31-42(35)50(70)44-43(48(31)68)47(67)30-13-9-15-34(75-6)41(30)49(44)69/h8-9,11-13,15,17,25-27,32-33,35,40,45-46,60,66,68,70,74H,7,10,14,16,18-24H2,1-6H3,(H,55,71)(H,56,73)(H,57,72)(H,64,65)/t25?,26-,27?,32?,33-,35-,40?,45-,46?,54-/m0/s1. The summed E-state index contributed by atoms with van der Waals surface area (Å²) in [6.45, 7) is 4.96. The Hall–Kier alpha value is -7.31. The van der Waals surface area contributed by atoms with Crippen molar-refractivity contribution in [2.45, 2.75) is 133 Å². The highest BCUT2D eigenvalue weighted by Crippen LogP contribution is 2.52. The third-order valence-electron chi connectivity index (χ3n) is 15.1. The Balaban J connectivity index is 1.00. The predicted octanol–water partition coefficient (Wildman–Crippen LogP) is 0.514. The zero-order valence-electron chi connectivity index (χ0n) is 43.5. The van der Waals surface area contributed by atoms with Crippen LogP contribution in [0.15, 0.2) is 42.5 Å². The van der Waals surface area contributed by atoms with Gasteiger partial charge in [-0.25, -0.2) is 0 Å². The van der Waals surface area contributed by atoms with Gasteiger partial charge in [-0.3, -0.25) is 43.2 Å². The molecule has 3 aromatic rings. The number of amides is 5. The van der Waals surface area contributed by atoms with Crippen molar-refractivity contribution in [1.82, 2.24) is 25.8 Å². The number of likely N-dealkylation sites (N-methyl/N-ethyl adjacent to an activating group) is 1. The maximum atomic E-state index is 14.1. The smallest absolute Gasteiger partial charge is 0.307 e. The molecular weight excluding hydrogens is 1010 g/mol. The number of nitrogens with one attached hydrogen (secondary N) is 3. The molecule has 2 aliphatic heterocycles. The van der Waals surface area contributed by atoms with Crippen LogP contribution < -0.4 is 20.7 Å². The second-order valence-electron chi connectivity index (χ2n) is 20.2. The average molecular weight is 1070 g/mol. The molecule has 2 aliphatic carbocycles. The van der Waals surface area contributed by atoms with Gasteiger partial charge in [-0.05, 0) is 49.8 Å². The summed E-state index contributed by atoms with van der Waals surface area (Å²) < 4.78 is 17.6. The van der Waals surface area contributed by atoms with Crippen molar-refractivity contribution in [3.05, 3.63) is 87.0 Å². The number of Topliss-reactive ketones (excluding diaryl/α,β-unsaturated/α-hetero) is 1. The van der Waals surface area contributed by atoms with Crippen molar-refractivity contribution < 1.29 is 88.0 Å². The summed E-state index contributed by atoms with van der Waals surface area (Å²) in [5, 5.41) is 73.6. The number of fused-ring (bicyclic) bond motifs is 3. The van der Waals surface area contributed by atoms with Crippen molar-refractivity contribution in [2.24, 2.45) is 5.92 Å². The lowest BCUT2D eigenvalue weighted by Gasteiger charge is -2.43. The van der Waals surface area contributed by atoms with Gasteiger partial charge in [0.15, 0.2) is 17.9 Å². The molecule has 2 saturated heterocycles. The van der Waals surface area contributed by atoms with E-state index in [1.54, 1.807) is 31.2 Å². The second kappa shape index (κ2) is 23.5. The summed E-state index contributed by atoms with van der Waals surface area (Å²) in [5.41, 5.74) is -3.38. The number of aliphatic hydroxyl groups is 3. The van der Waals surface area contributed by atoms with Crippen LogP contribution in [0, 0.1) is 5.92 Å². The molecule has 0 radical (unpaired) electrons. The van der Waals surface area contributed by atoms with Gasteiger partial charge in [0.05, 0.1) is 61.4 Å². The number of hydrogen-bond donors (Lipinski definition) is 9. The van der Waals surface area contributed by atoms with Crippen LogP contribution in [-0.2, 0) is 62.3 Å². The quantitative estimate of drug-likeness (QED) is 0.0578. The van der Waals surface area contributed by atoms with Crippen LogP contribution in [-0.4, -0.2) is 175 Å². The Morgan fingerprint density at radius 2 is 1.62 bits per heavy atom. The Kier molecular flexibility index (Phi) is 17.5. The van der Waals surface area contributed by atoms with E-state index >= 15 is 0 Å². The second-order valence-corrected chi connectivity index (χ2v) is 20.2. The predicted molar refractivity (Wildman–Crippen MR) is 269 cm³/mol. The number of aromatic hydroxyl groups is 2. The summed E-state index contributed by atoms with van der Waals surface area (Å²) in [7, 11) is 2.76.